The van der Waals surface area contributed by atoms with Crippen molar-refractivity contribution in [3.05, 3.63) is 5.82 Å². The van der Waals surface area contributed by atoms with Gasteiger partial charge in [0.05, 0.1) is 6.04 Å². The van der Waals surface area contributed by atoms with Crippen LogP contribution < -0.4 is 10.6 Å². The zero-order valence-electron chi connectivity index (χ0n) is 10.1. The summed E-state index contributed by atoms with van der Waals surface area (Å²) >= 11 is 0. The molecule has 1 aliphatic rings. The number of nitrogens with zero attached hydrogens (tertiary/aromatic N) is 3. The molecule has 7 heteroatoms. The number of carbonyl (C=O) groups excluding carboxylic acids is 1. The molecule has 0 aromatic carbocycles. The minimum atomic E-state index is -0.190. The molecule has 1 aromatic heterocycles. The van der Waals surface area contributed by atoms with Crippen molar-refractivity contribution in [2.75, 3.05) is 31.5 Å². The number of hydrogen-bond acceptors (Lipinski definition) is 6. The van der Waals surface area contributed by atoms with Crippen LogP contribution in [0.4, 0.5) is 6.01 Å². The summed E-state index contributed by atoms with van der Waals surface area (Å²) in [5.41, 5.74) is 0. The number of piperazine rings is 1. The third-order valence-electron chi connectivity index (χ3n) is 2.84. The van der Waals surface area contributed by atoms with E-state index in [0.29, 0.717) is 5.82 Å². The zero-order chi connectivity index (χ0) is 12.3. The van der Waals surface area contributed by atoms with E-state index in [0.717, 1.165) is 26.2 Å². The number of carbonyl (C=O) groups is 1. The molecule has 1 aliphatic heterocycles. The molecule has 0 radical (unpaired) electrons. The maximum atomic E-state index is 11.9. The Labute approximate surface area is 99.6 Å². The van der Waals surface area contributed by atoms with E-state index in [9.17, 15) is 4.79 Å². The van der Waals surface area contributed by atoms with Gasteiger partial charge in [-0.05, 0) is 13.8 Å². The SMILES string of the molecule is Cc1noc(NC(=O)C(C)N2CCNCC2)n1. The maximum absolute atomic E-state index is 11.9. The Morgan fingerprint density at radius 1 is 1.53 bits per heavy atom. The van der Waals surface area contributed by atoms with Crippen LogP contribution in [0.5, 0.6) is 0 Å². The average molecular weight is 239 g/mol. The van der Waals surface area contributed by atoms with E-state index in [4.69, 9.17) is 4.52 Å². The zero-order valence-corrected chi connectivity index (χ0v) is 10.1. The minimum Gasteiger partial charge on any atom is -0.315 e. The molecule has 2 heterocycles. The first-order valence-corrected chi connectivity index (χ1v) is 5.73. The molecular formula is C10H17N5O2. The highest BCUT2D eigenvalue weighted by atomic mass is 16.5. The molecule has 2 rings (SSSR count). The van der Waals surface area contributed by atoms with Crippen molar-refractivity contribution >= 4 is 11.9 Å². The lowest BCUT2D eigenvalue weighted by atomic mass is 10.2. The van der Waals surface area contributed by atoms with Gasteiger partial charge in [0.1, 0.15) is 0 Å². The number of anilines is 1. The molecule has 1 aromatic rings. The van der Waals surface area contributed by atoms with Crippen LogP contribution in [0.25, 0.3) is 0 Å². The summed E-state index contributed by atoms with van der Waals surface area (Å²) in [4.78, 5) is 18.0. The second kappa shape index (κ2) is 5.24. The molecule has 1 unspecified atom stereocenters. The van der Waals surface area contributed by atoms with Crippen molar-refractivity contribution in [2.24, 2.45) is 0 Å². The Bertz CT molecular complexity index is 386. The fourth-order valence-electron chi connectivity index (χ4n) is 1.79. The Balaban J connectivity index is 1.90. The van der Waals surface area contributed by atoms with E-state index in [1.54, 1.807) is 6.92 Å². The summed E-state index contributed by atoms with van der Waals surface area (Å²) < 4.78 is 4.85. The van der Waals surface area contributed by atoms with Gasteiger partial charge in [0.2, 0.25) is 5.91 Å². The fraction of sp³-hybridized carbons (Fsp3) is 0.700. The maximum Gasteiger partial charge on any atom is 0.328 e. The van der Waals surface area contributed by atoms with Gasteiger partial charge in [-0.2, -0.15) is 4.98 Å². The third-order valence-corrected chi connectivity index (χ3v) is 2.84. The predicted octanol–water partition coefficient (Wildman–Crippen LogP) is -0.390. The van der Waals surface area contributed by atoms with Gasteiger partial charge in [0.25, 0.3) is 0 Å². The molecular weight excluding hydrogens is 222 g/mol. The summed E-state index contributed by atoms with van der Waals surface area (Å²) in [5, 5.41) is 9.48. The Morgan fingerprint density at radius 3 is 2.82 bits per heavy atom. The summed E-state index contributed by atoms with van der Waals surface area (Å²) in [5.74, 6) is 0.394. The van der Waals surface area contributed by atoms with Crippen molar-refractivity contribution in [3.63, 3.8) is 0 Å². The number of amides is 1. The Kier molecular flexibility index (Phi) is 3.70. The lowest BCUT2D eigenvalue weighted by Gasteiger charge is -2.31. The van der Waals surface area contributed by atoms with Crippen molar-refractivity contribution in [2.45, 2.75) is 19.9 Å². The Hall–Kier alpha value is -1.47. The molecule has 0 aliphatic carbocycles. The standard InChI is InChI=1S/C10H17N5O2/c1-7(15-5-3-11-4-6-15)9(16)13-10-12-8(2)14-17-10/h7,11H,3-6H2,1-2H3,(H,12,13,14,16). The van der Waals surface area contributed by atoms with Crippen LogP contribution in [-0.4, -0.2) is 53.2 Å². The van der Waals surface area contributed by atoms with E-state index >= 15 is 0 Å². The number of aryl methyl sites for hydroxylation is 1. The van der Waals surface area contributed by atoms with Crippen LogP contribution >= 0.6 is 0 Å². The molecule has 0 bridgehead atoms. The predicted molar refractivity (Wildman–Crippen MR) is 61.6 cm³/mol. The molecule has 2 N–H and O–H groups in total. The van der Waals surface area contributed by atoms with Crippen molar-refractivity contribution in [1.82, 2.24) is 20.4 Å². The van der Waals surface area contributed by atoms with Crippen LogP contribution in [-0.2, 0) is 4.79 Å². The highest BCUT2D eigenvalue weighted by molar-refractivity contribution is 5.92. The quantitative estimate of drug-likeness (QED) is 0.747. The smallest absolute Gasteiger partial charge is 0.315 e. The molecule has 0 spiro atoms. The van der Waals surface area contributed by atoms with Crippen LogP contribution in [0.2, 0.25) is 0 Å². The lowest BCUT2D eigenvalue weighted by molar-refractivity contribution is -0.121. The highest BCUT2D eigenvalue weighted by Crippen LogP contribution is 2.06. The van der Waals surface area contributed by atoms with Crippen LogP contribution in [0.15, 0.2) is 4.52 Å². The van der Waals surface area contributed by atoms with Gasteiger partial charge in [-0.25, -0.2) is 0 Å². The Morgan fingerprint density at radius 2 is 2.24 bits per heavy atom. The first-order valence-electron chi connectivity index (χ1n) is 5.73. The van der Waals surface area contributed by atoms with Gasteiger partial charge in [0.15, 0.2) is 5.82 Å². The van der Waals surface area contributed by atoms with Crippen molar-refractivity contribution in [1.29, 1.82) is 0 Å². The monoisotopic (exact) mass is 239 g/mol. The third kappa shape index (κ3) is 3.01. The largest absolute Gasteiger partial charge is 0.328 e. The first kappa shape index (κ1) is 12.0. The van der Waals surface area contributed by atoms with Gasteiger partial charge in [-0.15, -0.1) is 0 Å². The van der Waals surface area contributed by atoms with Crippen molar-refractivity contribution < 1.29 is 9.32 Å². The molecule has 1 saturated heterocycles. The van der Waals surface area contributed by atoms with E-state index < -0.39 is 0 Å². The number of aromatic nitrogens is 2. The van der Waals surface area contributed by atoms with Gasteiger partial charge < -0.3 is 9.84 Å². The summed E-state index contributed by atoms with van der Waals surface area (Å²) in [6, 6.07) is -0.0289. The molecule has 17 heavy (non-hydrogen) atoms. The highest BCUT2D eigenvalue weighted by Gasteiger charge is 2.23. The molecule has 0 saturated carbocycles. The molecule has 7 nitrogen and oxygen atoms in total. The minimum absolute atomic E-state index is 0.115. The topological polar surface area (TPSA) is 83.3 Å². The second-order valence-electron chi connectivity index (χ2n) is 4.10. The van der Waals surface area contributed by atoms with E-state index in [1.807, 2.05) is 6.92 Å². The molecule has 1 atom stereocenters. The molecule has 94 valence electrons. The van der Waals surface area contributed by atoms with Crippen LogP contribution in [0.3, 0.4) is 0 Å². The van der Waals surface area contributed by atoms with Gasteiger partial charge in [-0.3, -0.25) is 15.0 Å². The van der Waals surface area contributed by atoms with Crippen LogP contribution in [0, 0.1) is 6.92 Å². The van der Waals surface area contributed by atoms with E-state index in [-0.39, 0.29) is 18.0 Å². The van der Waals surface area contributed by atoms with Gasteiger partial charge in [0, 0.05) is 26.2 Å². The number of hydrogen-bond donors (Lipinski definition) is 2. The number of rotatable bonds is 3. The second-order valence-corrected chi connectivity index (χ2v) is 4.10. The van der Waals surface area contributed by atoms with E-state index in [2.05, 4.69) is 25.7 Å². The molecule has 1 fully saturated rings. The lowest BCUT2D eigenvalue weighted by Crippen LogP contribution is -2.51. The summed E-state index contributed by atoms with van der Waals surface area (Å²) in [6.45, 7) is 7.16. The van der Waals surface area contributed by atoms with Gasteiger partial charge in [-0.1, -0.05) is 5.16 Å². The molecule has 1 amide bonds. The van der Waals surface area contributed by atoms with Gasteiger partial charge >= 0.3 is 6.01 Å². The normalized spacial score (nSPS) is 18.9. The van der Waals surface area contributed by atoms with Crippen molar-refractivity contribution in [3.8, 4) is 0 Å². The first-order chi connectivity index (χ1) is 8.16. The number of nitrogens with one attached hydrogen (secondary N) is 2. The average Bonchev–Trinajstić information content (AvgIpc) is 2.75. The van der Waals surface area contributed by atoms with E-state index in [1.165, 1.54) is 0 Å². The summed E-state index contributed by atoms with van der Waals surface area (Å²) in [6.07, 6.45) is 0. The van der Waals surface area contributed by atoms with Crippen LogP contribution in [0.1, 0.15) is 12.7 Å². The fourth-order valence-corrected chi connectivity index (χ4v) is 1.79. The summed E-state index contributed by atoms with van der Waals surface area (Å²) in [7, 11) is 0.